The van der Waals surface area contributed by atoms with E-state index in [2.05, 4.69) is 20.0 Å². The number of benzene rings is 2. The van der Waals surface area contributed by atoms with E-state index in [1.54, 1.807) is 24.3 Å². The van der Waals surface area contributed by atoms with Gasteiger partial charge < -0.3 is 14.8 Å². The molecule has 3 rings (SSSR count). The number of methoxy groups -OCH3 is 1. The third kappa shape index (κ3) is 7.60. The molecule has 0 aromatic heterocycles. The maximum Gasteiger partial charge on any atom is 0.408 e. The number of ether oxygens (including phenoxy) is 2. The Bertz CT molecular complexity index is 1140. The maximum atomic E-state index is 14.8. The highest BCUT2D eigenvalue weighted by Crippen LogP contribution is 2.32. The lowest BCUT2D eigenvalue weighted by atomic mass is 9.92. The molecule has 1 aliphatic rings. The molecule has 13 heteroatoms. The van der Waals surface area contributed by atoms with E-state index in [-0.39, 0.29) is 43.5 Å². The van der Waals surface area contributed by atoms with E-state index in [0.717, 1.165) is 24.0 Å². The van der Waals surface area contributed by atoms with Crippen molar-refractivity contribution in [2.24, 2.45) is 4.99 Å². The third-order valence-corrected chi connectivity index (χ3v) is 5.55. The summed E-state index contributed by atoms with van der Waals surface area (Å²) < 4.78 is 66.3. The van der Waals surface area contributed by atoms with Crippen molar-refractivity contribution in [2.45, 2.75) is 18.6 Å². The minimum atomic E-state index is -3.64. The Labute approximate surface area is 201 Å². The first kappa shape index (κ1) is 26.3. The second kappa shape index (κ2) is 11.9. The molecular weight excluding hydrogens is 488 g/mol. The Kier molecular flexibility index (Phi) is 8.95. The van der Waals surface area contributed by atoms with Crippen LogP contribution in [0, 0.1) is 11.6 Å². The lowest BCUT2D eigenvalue weighted by Gasteiger charge is -2.24. The van der Waals surface area contributed by atoms with Crippen molar-refractivity contribution in [1.29, 1.82) is 0 Å². The highest BCUT2D eigenvalue weighted by molar-refractivity contribution is 7.85. The highest BCUT2D eigenvalue weighted by Gasteiger charge is 2.38. The van der Waals surface area contributed by atoms with E-state index < -0.39 is 39.8 Å². The molecule has 1 amide bonds. The number of nitrogens with one attached hydrogen (secondary N) is 2. The molecule has 0 radical (unpaired) electrons. The van der Waals surface area contributed by atoms with Gasteiger partial charge in [-0.3, -0.25) is 19.5 Å². The van der Waals surface area contributed by atoms with Gasteiger partial charge in [0.1, 0.15) is 35.9 Å². The number of carbonyl (C=O) groups excluding carboxylic acids is 1. The zero-order chi connectivity index (χ0) is 25.4. The SMILES string of the molecule is COc1cc(F)c([C@@H]2CN=C(NOCCOS(C)(=O)=O)[C@H]2NC(=O)OCc2ccccc2)c(F)c1. The number of carbonyl (C=O) groups is 1. The summed E-state index contributed by atoms with van der Waals surface area (Å²) in [7, 11) is -2.36. The lowest BCUT2D eigenvalue weighted by molar-refractivity contribution is 0.0590. The van der Waals surface area contributed by atoms with Gasteiger partial charge in [0.2, 0.25) is 0 Å². The van der Waals surface area contributed by atoms with Crippen molar-refractivity contribution in [3.05, 3.63) is 65.2 Å². The molecule has 0 saturated carbocycles. The van der Waals surface area contributed by atoms with Crippen molar-refractivity contribution in [2.75, 3.05) is 33.1 Å². The van der Waals surface area contributed by atoms with Crippen LogP contribution in [-0.4, -0.2) is 59.5 Å². The molecule has 2 aromatic carbocycles. The summed E-state index contributed by atoms with van der Waals surface area (Å²) in [6.07, 6.45) is 0.0559. The number of amides is 1. The largest absolute Gasteiger partial charge is 0.497 e. The molecule has 0 unspecified atom stereocenters. The molecule has 1 heterocycles. The number of hydrogen-bond donors (Lipinski definition) is 2. The third-order valence-electron chi connectivity index (χ3n) is 4.96. The molecule has 2 aromatic rings. The summed E-state index contributed by atoms with van der Waals surface area (Å²) in [5.74, 6) is -2.59. The summed E-state index contributed by atoms with van der Waals surface area (Å²) in [5, 5.41) is 2.57. The predicted octanol–water partition coefficient (Wildman–Crippen LogP) is 2.26. The number of amidine groups is 1. The Balaban J connectivity index is 1.72. The van der Waals surface area contributed by atoms with Crippen LogP contribution in [0.25, 0.3) is 0 Å². The minimum absolute atomic E-state index is 0.00186. The average Bonchev–Trinajstić information content (AvgIpc) is 3.18. The van der Waals surface area contributed by atoms with E-state index in [1.807, 2.05) is 6.07 Å². The Morgan fingerprint density at radius 1 is 1.14 bits per heavy atom. The highest BCUT2D eigenvalue weighted by atomic mass is 32.2. The van der Waals surface area contributed by atoms with Crippen LogP contribution >= 0.6 is 0 Å². The van der Waals surface area contributed by atoms with Crippen molar-refractivity contribution in [3.63, 3.8) is 0 Å². The molecule has 1 aliphatic heterocycles. The van der Waals surface area contributed by atoms with Gasteiger partial charge >= 0.3 is 6.09 Å². The van der Waals surface area contributed by atoms with E-state index >= 15 is 0 Å². The fraction of sp³-hybridized carbons (Fsp3) is 0.364. The second-order valence-electron chi connectivity index (χ2n) is 7.50. The maximum absolute atomic E-state index is 14.8. The fourth-order valence-corrected chi connectivity index (χ4v) is 3.76. The van der Waals surface area contributed by atoms with Crippen LogP contribution in [0.5, 0.6) is 5.75 Å². The number of hydrogen-bond acceptors (Lipinski definition) is 9. The summed E-state index contributed by atoms with van der Waals surface area (Å²) >= 11 is 0. The van der Waals surface area contributed by atoms with Crippen LogP contribution < -0.4 is 15.5 Å². The molecular formula is C22H25F2N3O7S. The normalized spacial score (nSPS) is 17.5. The molecule has 0 bridgehead atoms. The van der Waals surface area contributed by atoms with E-state index in [9.17, 15) is 22.0 Å². The summed E-state index contributed by atoms with van der Waals surface area (Å²) in [6.45, 7) is -0.557. The molecule has 10 nitrogen and oxygen atoms in total. The van der Waals surface area contributed by atoms with Gasteiger partial charge in [-0.05, 0) is 5.56 Å². The fourth-order valence-electron chi connectivity index (χ4n) is 3.39. The Hall–Kier alpha value is -3.29. The first-order valence-electron chi connectivity index (χ1n) is 10.4. The van der Waals surface area contributed by atoms with E-state index in [1.165, 1.54) is 7.11 Å². The number of aliphatic imine (C=N–C) groups is 1. The molecule has 2 atom stereocenters. The van der Waals surface area contributed by atoms with Crippen LogP contribution in [-0.2, 0) is 30.5 Å². The van der Waals surface area contributed by atoms with E-state index in [0.29, 0.717) is 0 Å². The first-order chi connectivity index (χ1) is 16.7. The number of halogens is 2. The van der Waals surface area contributed by atoms with Gasteiger partial charge in [-0.25, -0.2) is 13.6 Å². The van der Waals surface area contributed by atoms with Gasteiger partial charge in [-0.2, -0.15) is 8.42 Å². The van der Waals surface area contributed by atoms with Crippen LogP contribution in [0.15, 0.2) is 47.5 Å². The number of hydroxylamine groups is 1. The van der Waals surface area contributed by atoms with Crippen LogP contribution in [0.2, 0.25) is 0 Å². The van der Waals surface area contributed by atoms with E-state index in [4.69, 9.17) is 14.3 Å². The van der Waals surface area contributed by atoms with Gasteiger partial charge in [0.05, 0.1) is 33.1 Å². The van der Waals surface area contributed by atoms with Crippen LogP contribution in [0.4, 0.5) is 13.6 Å². The average molecular weight is 514 g/mol. The summed E-state index contributed by atoms with van der Waals surface area (Å²) in [5.41, 5.74) is 2.95. The topological polar surface area (TPSA) is 125 Å². The zero-order valence-electron chi connectivity index (χ0n) is 19.0. The molecule has 0 spiro atoms. The quantitative estimate of drug-likeness (QED) is 0.282. The molecule has 0 aliphatic carbocycles. The molecule has 0 saturated heterocycles. The zero-order valence-corrected chi connectivity index (χ0v) is 19.8. The minimum Gasteiger partial charge on any atom is -0.497 e. The summed E-state index contributed by atoms with van der Waals surface area (Å²) in [6, 6.07) is 9.98. The van der Waals surface area contributed by atoms with Gasteiger partial charge in [0.25, 0.3) is 10.1 Å². The first-order valence-corrected chi connectivity index (χ1v) is 12.3. The van der Waals surface area contributed by atoms with Crippen molar-refractivity contribution >= 4 is 22.0 Å². The smallest absolute Gasteiger partial charge is 0.408 e. The summed E-state index contributed by atoms with van der Waals surface area (Å²) in [4.78, 5) is 21.9. The second-order valence-corrected chi connectivity index (χ2v) is 9.14. The predicted molar refractivity (Wildman–Crippen MR) is 121 cm³/mol. The van der Waals surface area contributed by atoms with Crippen molar-refractivity contribution in [3.8, 4) is 5.75 Å². The van der Waals surface area contributed by atoms with Gasteiger partial charge in [-0.1, -0.05) is 30.3 Å². The van der Waals surface area contributed by atoms with Gasteiger partial charge in [-0.15, -0.1) is 0 Å². The molecule has 2 N–H and O–H groups in total. The van der Waals surface area contributed by atoms with Gasteiger partial charge in [0.15, 0.2) is 0 Å². The molecule has 0 fully saturated rings. The van der Waals surface area contributed by atoms with Crippen molar-refractivity contribution in [1.82, 2.24) is 10.8 Å². The van der Waals surface area contributed by atoms with Crippen molar-refractivity contribution < 1.29 is 40.5 Å². The number of alkyl carbamates (subject to hydrolysis) is 1. The Morgan fingerprint density at radius 2 is 1.83 bits per heavy atom. The molecule has 35 heavy (non-hydrogen) atoms. The standard InChI is InChI=1S/C22H25F2N3O7S/c1-31-15-10-17(23)19(18(24)11-15)16-12-25-21(27-33-8-9-34-35(2,29)30)20(16)26-22(28)32-13-14-6-4-3-5-7-14/h3-7,10-11,16,20H,8-9,12-13H2,1-2H3,(H,25,27)(H,26,28)/t16-,20-/m0/s1. The Morgan fingerprint density at radius 3 is 2.46 bits per heavy atom. The molecule has 190 valence electrons. The van der Waals surface area contributed by atoms with Crippen LogP contribution in [0.3, 0.4) is 0 Å². The number of rotatable bonds is 10. The van der Waals surface area contributed by atoms with Crippen LogP contribution in [0.1, 0.15) is 17.0 Å². The van der Waals surface area contributed by atoms with Gasteiger partial charge in [0, 0.05) is 23.6 Å². The monoisotopic (exact) mass is 513 g/mol. The number of nitrogens with zero attached hydrogens (tertiary/aromatic N) is 1. The lowest BCUT2D eigenvalue weighted by Crippen LogP contribution is -2.48.